The summed E-state index contributed by atoms with van der Waals surface area (Å²) in [4.78, 5) is 13.5. The predicted molar refractivity (Wildman–Crippen MR) is 79.6 cm³/mol. The number of aromatic nitrogens is 3. The van der Waals surface area contributed by atoms with Gasteiger partial charge in [0.1, 0.15) is 5.82 Å². The number of rotatable bonds is 1. The number of nitrogens with zero attached hydrogens (tertiary/aromatic N) is 3. The second kappa shape index (κ2) is 4.38. The zero-order chi connectivity index (χ0) is 13.6. The maximum absolute atomic E-state index is 4.58. The normalized spacial score (nSPS) is 11.2. The van der Waals surface area contributed by atoms with Crippen molar-refractivity contribution in [2.75, 3.05) is 0 Å². The topological polar surface area (TPSA) is 38.7 Å². The molecule has 19 heavy (non-hydrogen) atoms. The second-order valence-electron chi connectivity index (χ2n) is 4.75. The predicted octanol–water partition coefficient (Wildman–Crippen LogP) is 3.99. The first-order valence-corrected chi connectivity index (χ1v) is 7.05. The lowest BCUT2D eigenvalue weighted by atomic mass is 10.1. The first-order valence-electron chi connectivity index (χ1n) is 6.24. The zero-order valence-corrected chi connectivity index (χ0v) is 12.3. The lowest BCUT2D eigenvalue weighted by Crippen LogP contribution is -1.98. The van der Waals surface area contributed by atoms with Gasteiger partial charge in [0.25, 0.3) is 0 Å². The molecule has 4 heteroatoms. The van der Waals surface area contributed by atoms with Crippen molar-refractivity contribution in [3.05, 3.63) is 40.3 Å². The SMILES string of the molecule is Cc1nc(C)c(C)c(-c2ccc3sc(C)nc3c2)n1. The summed E-state index contributed by atoms with van der Waals surface area (Å²) in [6.45, 7) is 8.07. The van der Waals surface area contributed by atoms with E-state index in [4.69, 9.17) is 0 Å². The number of benzene rings is 1. The van der Waals surface area contributed by atoms with Gasteiger partial charge in [-0.25, -0.2) is 15.0 Å². The van der Waals surface area contributed by atoms with E-state index < -0.39 is 0 Å². The molecule has 1 aromatic carbocycles. The highest BCUT2D eigenvalue weighted by Crippen LogP contribution is 2.28. The molecule has 2 heterocycles. The maximum atomic E-state index is 4.58. The van der Waals surface area contributed by atoms with E-state index in [1.54, 1.807) is 11.3 Å². The largest absolute Gasteiger partial charge is 0.241 e. The van der Waals surface area contributed by atoms with Crippen molar-refractivity contribution in [2.45, 2.75) is 27.7 Å². The van der Waals surface area contributed by atoms with Crippen LogP contribution in [0.5, 0.6) is 0 Å². The lowest BCUT2D eigenvalue weighted by molar-refractivity contribution is 0.992. The molecule has 0 spiro atoms. The van der Waals surface area contributed by atoms with Crippen LogP contribution >= 0.6 is 11.3 Å². The first-order chi connectivity index (χ1) is 9.04. The van der Waals surface area contributed by atoms with Crippen molar-refractivity contribution in [3.8, 4) is 11.3 Å². The molecule has 96 valence electrons. The molecule has 0 saturated heterocycles. The molecule has 0 fully saturated rings. The Balaban J connectivity index is 2.23. The summed E-state index contributed by atoms with van der Waals surface area (Å²) in [5.74, 6) is 0.813. The fraction of sp³-hybridized carbons (Fsp3) is 0.267. The minimum Gasteiger partial charge on any atom is -0.241 e. The Kier molecular flexibility index (Phi) is 2.82. The second-order valence-corrected chi connectivity index (χ2v) is 5.98. The van der Waals surface area contributed by atoms with Crippen LogP contribution in [0.2, 0.25) is 0 Å². The van der Waals surface area contributed by atoms with Crippen molar-refractivity contribution in [2.24, 2.45) is 0 Å². The minimum absolute atomic E-state index is 0.813. The molecule has 0 atom stereocenters. The summed E-state index contributed by atoms with van der Waals surface area (Å²) in [5.41, 5.74) is 5.35. The fourth-order valence-electron chi connectivity index (χ4n) is 2.24. The third-order valence-corrected chi connectivity index (χ3v) is 4.22. The van der Waals surface area contributed by atoms with Gasteiger partial charge in [-0.05, 0) is 45.4 Å². The number of hydrogen-bond acceptors (Lipinski definition) is 4. The molecule has 3 nitrogen and oxygen atoms in total. The summed E-state index contributed by atoms with van der Waals surface area (Å²) in [6, 6.07) is 6.36. The molecule has 0 aliphatic rings. The van der Waals surface area contributed by atoms with E-state index in [-0.39, 0.29) is 0 Å². The average Bonchev–Trinajstić information content (AvgIpc) is 2.72. The highest BCUT2D eigenvalue weighted by atomic mass is 32.1. The van der Waals surface area contributed by atoms with Gasteiger partial charge in [-0.15, -0.1) is 11.3 Å². The van der Waals surface area contributed by atoms with Gasteiger partial charge in [-0.2, -0.15) is 0 Å². The van der Waals surface area contributed by atoms with Crippen LogP contribution in [0, 0.1) is 27.7 Å². The van der Waals surface area contributed by atoms with Gasteiger partial charge in [0.2, 0.25) is 0 Å². The third-order valence-electron chi connectivity index (χ3n) is 3.27. The summed E-state index contributed by atoms with van der Waals surface area (Å²) in [6.07, 6.45) is 0. The molecule has 0 bridgehead atoms. The van der Waals surface area contributed by atoms with Crippen LogP contribution < -0.4 is 0 Å². The molecule has 3 aromatic rings. The Morgan fingerprint density at radius 2 is 1.74 bits per heavy atom. The maximum Gasteiger partial charge on any atom is 0.126 e. The fourth-order valence-corrected chi connectivity index (χ4v) is 3.05. The molecule has 0 saturated carbocycles. The van der Waals surface area contributed by atoms with Gasteiger partial charge < -0.3 is 0 Å². The van der Waals surface area contributed by atoms with Gasteiger partial charge in [0.15, 0.2) is 0 Å². The number of aryl methyl sites for hydroxylation is 3. The molecule has 0 amide bonds. The van der Waals surface area contributed by atoms with Crippen molar-refractivity contribution >= 4 is 21.6 Å². The highest BCUT2D eigenvalue weighted by molar-refractivity contribution is 7.18. The van der Waals surface area contributed by atoms with Crippen LogP contribution in [0.15, 0.2) is 18.2 Å². The van der Waals surface area contributed by atoms with Gasteiger partial charge in [-0.1, -0.05) is 6.07 Å². The number of thiazole rings is 1. The molecule has 0 unspecified atom stereocenters. The highest BCUT2D eigenvalue weighted by Gasteiger charge is 2.10. The Labute approximate surface area is 116 Å². The van der Waals surface area contributed by atoms with Crippen LogP contribution in [-0.2, 0) is 0 Å². The van der Waals surface area contributed by atoms with E-state index >= 15 is 0 Å². The molecule has 0 aliphatic carbocycles. The first kappa shape index (κ1) is 12.2. The quantitative estimate of drug-likeness (QED) is 0.670. The molecular formula is C15H15N3S. The minimum atomic E-state index is 0.813. The van der Waals surface area contributed by atoms with E-state index in [9.17, 15) is 0 Å². The molecular weight excluding hydrogens is 254 g/mol. The molecule has 3 rings (SSSR count). The van der Waals surface area contributed by atoms with E-state index in [1.165, 1.54) is 4.70 Å². The van der Waals surface area contributed by atoms with Crippen LogP contribution in [0.1, 0.15) is 22.1 Å². The van der Waals surface area contributed by atoms with Gasteiger partial charge in [0, 0.05) is 11.3 Å². The van der Waals surface area contributed by atoms with Gasteiger partial charge >= 0.3 is 0 Å². The summed E-state index contributed by atoms with van der Waals surface area (Å²) in [5, 5.41) is 1.10. The van der Waals surface area contributed by atoms with E-state index in [0.717, 1.165) is 38.9 Å². The average molecular weight is 269 g/mol. The van der Waals surface area contributed by atoms with Crippen molar-refractivity contribution in [1.82, 2.24) is 15.0 Å². The Bertz CT molecular complexity index is 774. The van der Waals surface area contributed by atoms with Crippen molar-refractivity contribution < 1.29 is 0 Å². The Hall–Kier alpha value is -1.81. The standard InChI is InChI=1S/C15H15N3S/c1-8-9(2)16-10(3)17-15(8)12-5-6-14-13(7-12)18-11(4)19-14/h5-7H,1-4H3. The van der Waals surface area contributed by atoms with Gasteiger partial charge in [0.05, 0.1) is 20.9 Å². The number of hydrogen-bond donors (Lipinski definition) is 0. The third kappa shape index (κ3) is 2.12. The van der Waals surface area contributed by atoms with Crippen molar-refractivity contribution in [3.63, 3.8) is 0 Å². The number of fused-ring (bicyclic) bond motifs is 1. The lowest BCUT2D eigenvalue weighted by Gasteiger charge is -2.08. The molecule has 0 aliphatic heterocycles. The monoisotopic (exact) mass is 269 g/mol. The van der Waals surface area contributed by atoms with E-state index in [0.29, 0.717) is 0 Å². The van der Waals surface area contributed by atoms with E-state index in [1.807, 2.05) is 20.8 Å². The zero-order valence-electron chi connectivity index (χ0n) is 11.5. The van der Waals surface area contributed by atoms with Gasteiger partial charge in [-0.3, -0.25) is 0 Å². The van der Waals surface area contributed by atoms with Crippen LogP contribution in [0.4, 0.5) is 0 Å². The summed E-state index contributed by atoms with van der Waals surface area (Å²) < 4.78 is 1.22. The van der Waals surface area contributed by atoms with Crippen LogP contribution in [0.3, 0.4) is 0 Å². The van der Waals surface area contributed by atoms with Crippen LogP contribution in [-0.4, -0.2) is 15.0 Å². The van der Waals surface area contributed by atoms with E-state index in [2.05, 4.69) is 40.1 Å². The molecule has 0 N–H and O–H groups in total. The smallest absolute Gasteiger partial charge is 0.126 e. The summed E-state index contributed by atoms with van der Waals surface area (Å²) in [7, 11) is 0. The molecule has 2 aromatic heterocycles. The molecule has 0 radical (unpaired) electrons. The Morgan fingerprint density at radius 3 is 2.53 bits per heavy atom. The van der Waals surface area contributed by atoms with Crippen LogP contribution in [0.25, 0.3) is 21.5 Å². The Morgan fingerprint density at radius 1 is 0.947 bits per heavy atom. The summed E-state index contributed by atoms with van der Waals surface area (Å²) >= 11 is 1.72. The van der Waals surface area contributed by atoms with Crippen molar-refractivity contribution in [1.29, 1.82) is 0 Å².